The summed E-state index contributed by atoms with van der Waals surface area (Å²) < 4.78 is 0. The highest BCUT2D eigenvalue weighted by Crippen LogP contribution is 2.51. The van der Waals surface area contributed by atoms with Crippen LogP contribution in [0, 0.1) is 0 Å². The highest BCUT2D eigenvalue weighted by atomic mass is 32.2. The Hall–Kier alpha value is -4.61. The maximum Gasteiger partial charge on any atom is 0.266 e. The van der Waals surface area contributed by atoms with Crippen molar-refractivity contribution in [3.8, 4) is 11.1 Å². The number of hydrogen-bond acceptors (Lipinski definition) is 4. The van der Waals surface area contributed by atoms with Crippen molar-refractivity contribution in [1.82, 2.24) is 0 Å². The molecule has 176 valence electrons. The van der Waals surface area contributed by atoms with E-state index in [1.807, 2.05) is 91.0 Å². The van der Waals surface area contributed by atoms with E-state index >= 15 is 0 Å². The molecule has 2 heterocycles. The lowest BCUT2D eigenvalue weighted by Gasteiger charge is -2.33. The van der Waals surface area contributed by atoms with Gasteiger partial charge in [-0.05, 0) is 65.7 Å². The predicted octanol–water partition coefficient (Wildman–Crippen LogP) is 8.09. The third-order valence-electron chi connectivity index (χ3n) is 6.77. The van der Waals surface area contributed by atoms with E-state index in [9.17, 15) is 9.59 Å². The minimum Gasteiger partial charge on any atom is -0.308 e. The van der Waals surface area contributed by atoms with E-state index < -0.39 is 0 Å². The summed E-state index contributed by atoms with van der Waals surface area (Å²) in [6.45, 7) is 0. The van der Waals surface area contributed by atoms with Gasteiger partial charge in [-0.1, -0.05) is 78.5 Å². The molecule has 0 aliphatic carbocycles. The second kappa shape index (κ2) is 8.50. The topological polar surface area (TPSA) is 40.6 Å². The number of benzene rings is 5. The van der Waals surface area contributed by atoms with Crippen LogP contribution in [-0.2, 0) is 0 Å². The van der Waals surface area contributed by atoms with Gasteiger partial charge >= 0.3 is 0 Å². The van der Waals surface area contributed by atoms with Crippen LogP contribution in [0.1, 0.15) is 20.7 Å². The minimum atomic E-state index is -0.301. The van der Waals surface area contributed by atoms with Crippen LogP contribution < -0.4 is 9.80 Å². The number of nitrogens with zero attached hydrogens (tertiary/aromatic N) is 2. The molecule has 5 aromatic carbocycles. The third-order valence-corrected chi connectivity index (χ3v) is 7.90. The van der Waals surface area contributed by atoms with E-state index in [-0.39, 0.29) is 11.8 Å². The molecule has 7 rings (SSSR count). The van der Waals surface area contributed by atoms with Crippen LogP contribution in [0.4, 0.5) is 22.7 Å². The zero-order valence-corrected chi connectivity index (χ0v) is 20.5. The first-order valence-electron chi connectivity index (χ1n) is 12.0. The van der Waals surface area contributed by atoms with Crippen molar-refractivity contribution in [1.29, 1.82) is 0 Å². The number of hydrogen-bond donors (Lipinski definition) is 0. The van der Waals surface area contributed by atoms with Crippen LogP contribution >= 0.6 is 11.8 Å². The second-order valence-corrected chi connectivity index (χ2v) is 10.0. The fourth-order valence-corrected chi connectivity index (χ4v) is 6.10. The summed E-state index contributed by atoms with van der Waals surface area (Å²) in [7, 11) is 0. The number of anilines is 4. The number of amides is 2. The number of carbonyl (C=O) groups excluding carboxylic acids is 2. The normalized spacial score (nSPS) is 13.8. The van der Waals surface area contributed by atoms with E-state index in [4.69, 9.17) is 0 Å². The maximum atomic E-state index is 13.6. The fourth-order valence-electron chi connectivity index (χ4n) is 5.04. The first-order valence-corrected chi connectivity index (χ1v) is 12.8. The zero-order valence-electron chi connectivity index (χ0n) is 19.7. The van der Waals surface area contributed by atoms with E-state index in [2.05, 4.69) is 29.2 Å². The van der Waals surface area contributed by atoms with Crippen LogP contribution in [0.3, 0.4) is 0 Å². The number of carbonyl (C=O) groups is 2. The maximum absolute atomic E-state index is 13.6. The summed E-state index contributed by atoms with van der Waals surface area (Å²) in [5.41, 5.74) is 6.36. The summed E-state index contributed by atoms with van der Waals surface area (Å²) in [6, 6.07) is 39.6. The molecular weight excluding hydrogens is 476 g/mol. The largest absolute Gasteiger partial charge is 0.308 e. The molecule has 5 aromatic rings. The second-order valence-electron chi connectivity index (χ2n) is 8.96. The van der Waals surface area contributed by atoms with Crippen molar-refractivity contribution in [2.24, 2.45) is 0 Å². The van der Waals surface area contributed by atoms with Crippen LogP contribution in [0.5, 0.6) is 0 Å². The lowest BCUT2D eigenvalue weighted by atomic mass is 10.0. The first kappa shape index (κ1) is 21.7. The van der Waals surface area contributed by atoms with Gasteiger partial charge in [0.2, 0.25) is 0 Å². The Balaban J connectivity index is 1.30. The molecule has 0 atom stereocenters. The summed E-state index contributed by atoms with van der Waals surface area (Å²) in [5, 5.41) is 0. The molecule has 0 aromatic heterocycles. The van der Waals surface area contributed by atoms with Crippen molar-refractivity contribution in [2.45, 2.75) is 9.79 Å². The average molecular weight is 497 g/mol. The zero-order chi connectivity index (χ0) is 24.9. The third kappa shape index (κ3) is 3.47. The van der Waals surface area contributed by atoms with Gasteiger partial charge in [0.1, 0.15) is 0 Å². The average Bonchev–Trinajstić information content (AvgIpc) is 3.21. The number of rotatable bonds is 3. The Kier molecular flexibility index (Phi) is 4.98. The van der Waals surface area contributed by atoms with Crippen molar-refractivity contribution >= 4 is 46.3 Å². The molecule has 0 spiro atoms. The molecule has 0 saturated carbocycles. The fraction of sp³-hybridized carbons (Fsp3) is 0. The molecule has 0 N–H and O–H groups in total. The number of imide groups is 1. The Labute approximate surface area is 218 Å². The molecule has 37 heavy (non-hydrogen) atoms. The molecule has 2 amide bonds. The van der Waals surface area contributed by atoms with Gasteiger partial charge in [0.15, 0.2) is 0 Å². The Bertz CT molecular complexity index is 1670. The molecule has 2 aliphatic rings. The van der Waals surface area contributed by atoms with Gasteiger partial charge in [-0.3, -0.25) is 9.59 Å². The van der Waals surface area contributed by atoms with Gasteiger partial charge in [-0.15, -0.1) is 0 Å². The molecule has 0 bridgehead atoms. The van der Waals surface area contributed by atoms with Crippen molar-refractivity contribution in [3.05, 3.63) is 132 Å². The van der Waals surface area contributed by atoms with Crippen molar-refractivity contribution in [2.75, 3.05) is 9.80 Å². The van der Waals surface area contributed by atoms with Crippen LogP contribution in [0.2, 0.25) is 0 Å². The summed E-state index contributed by atoms with van der Waals surface area (Å²) in [4.78, 5) is 32.8. The molecule has 0 radical (unpaired) electrons. The molecule has 0 fully saturated rings. The predicted molar refractivity (Wildman–Crippen MR) is 148 cm³/mol. The van der Waals surface area contributed by atoms with Gasteiger partial charge in [-0.2, -0.15) is 0 Å². The van der Waals surface area contributed by atoms with E-state index in [0.717, 1.165) is 38.0 Å². The highest BCUT2D eigenvalue weighted by molar-refractivity contribution is 7.99. The van der Waals surface area contributed by atoms with Gasteiger partial charge < -0.3 is 4.90 Å². The van der Waals surface area contributed by atoms with Gasteiger partial charge in [0, 0.05) is 15.5 Å². The highest BCUT2D eigenvalue weighted by Gasteiger charge is 2.37. The van der Waals surface area contributed by atoms with Gasteiger partial charge in [0.05, 0.1) is 28.2 Å². The van der Waals surface area contributed by atoms with Gasteiger partial charge in [-0.25, -0.2) is 4.90 Å². The number of fused-ring (bicyclic) bond motifs is 3. The van der Waals surface area contributed by atoms with Crippen LogP contribution in [0.15, 0.2) is 131 Å². The van der Waals surface area contributed by atoms with E-state index in [1.165, 1.54) is 4.90 Å². The van der Waals surface area contributed by atoms with Gasteiger partial charge in [0.25, 0.3) is 11.8 Å². The summed E-state index contributed by atoms with van der Waals surface area (Å²) in [6.07, 6.45) is 0. The molecule has 0 saturated heterocycles. The van der Waals surface area contributed by atoms with Crippen LogP contribution in [-0.4, -0.2) is 11.8 Å². The minimum absolute atomic E-state index is 0.299. The van der Waals surface area contributed by atoms with E-state index in [0.29, 0.717) is 16.8 Å². The van der Waals surface area contributed by atoms with Crippen LogP contribution in [0.25, 0.3) is 11.1 Å². The van der Waals surface area contributed by atoms with Crippen molar-refractivity contribution < 1.29 is 9.59 Å². The van der Waals surface area contributed by atoms with E-state index in [1.54, 1.807) is 17.8 Å². The number of para-hydroxylation sites is 2. The smallest absolute Gasteiger partial charge is 0.266 e. The lowest BCUT2D eigenvalue weighted by molar-refractivity contribution is 0.0926. The first-order chi connectivity index (χ1) is 18.2. The summed E-state index contributed by atoms with van der Waals surface area (Å²) in [5.74, 6) is -0.600. The standard InChI is InChI=1S/C32H20N2O2S/c35-31-25-18-17-22(21-9-2-1-3-10-21)19-26(25)32(36)34(31)24-12-8-11-23(20-24)33-27-13-4-6-15-29(27)37-30-16-7-5-14-28(30)33/h1-20H. The lowest BCUT2D eigenvalue weighted by Crippen LogP contribution is -2.29. The molecule has 0 unspecified atom stereocenters. The molecule has 4 nitrogen and oxygen atoms in total. The Morgan fingerprint density at radius 2 is 1.05 bits per heavy atom. The quantitative estimate of drug-likeness (QED) is 0.232. The Morgan fingerprint density at radius 3 is 1.76 bits per heavy atom. The Morgan fingerprint density at radius 1 is 0.459 bits per heavy atom. The summed E-state index contributed by atoms with van der Waals surface area (Å²) >= 11 is 1.74. The van der Waals surface area contributed by atoms with Crippen molar-refractivity contribution in [3.63, 3.8) is 0 Å². The monoisotopic (exact) mass is 496 g/mol. The SMILES string of the molecule is O=C1c2ccc(-c3ccccc3)cc2C(=O)N1c1cccc(N2c3ccccc3Sc3ccccc32)c1. The molecule has 5 heteroatoms. The molecular formula is C32H20N2O2S. The molecule has 2 aliphatic heterocycles.